The van der Waals surface area contributed by atoms with Gasteiger partial charge in [-0.25, -0.2) is 0 Å². The molecular weight excluding hydrogens is 192 g/mol. The summed E-state index contributed by atoms with van der Waals surface area (Å²) in [6.45, 7) is 6.86. The Morgan fingerprint density at radius 2 is 1.81 bits per heavy atom. The topological polar surface area (TPSA) is 0 Å². The third-order valence-electron chi connectivity index (χ3n) is 2.99. The van der Waals surface area contributed by atoms with Crippen molar-refractivity contribution in [3.8, 4) is 0 Å². The summed E-state index contributed by atoms with van der Waals surface area (Å²) in [6.07, 6.45) is 7.01. The van der Waals surface area contributed by atoms with Crippen LogP contribution < -0.4 is 0 Å². The lowest BCUT2D eigenvalue weighted by Crippen LogP contribution is -2.13. The molecule has 16 heavy (non-hydrogen) atoms. The van der Waals surface area contributed by atoms with Crippen LogP contribution in [0, 0.1) is 5.41 Å². The fraction of sp³-hybridized carbons (Fsp3) is 0.375. The lowest BCUT2D eigenvalue weighted by molar-refractivity contribution is 0.465. The van der Waals surface area contributed by atoms with Gasteiger partial charge in [0.15, 0.2) is 0 Å². The third-order valence-corrected chi connectivity index (χ3v) is 2.99. The Labute approximate surface area is 98.7 Å². The van der Waals surface area contributed by atoms with Gasteiger partial charge in [-0.2, -0.15) is 0 Å². The maximum absolute atomic E-state index is 2.42. The summed E-state index contributed by atoms with van der Waals surface area (Å²) < 4.78 is 0. The second-order valence-electron chi connectivity index (χ2n) is 5.54. The van der Waals surface area contributed by atoms with Gasteiger partial charge in [0.25, 0.3) is 0 Å². The molecule has 0 fully saturated rings. The summed E-state index contributed by atoms with van der Waals surface area (Å²) in [4.78, 5) is 0. The van der Waals surface area contributed by atoms with Crippen molar-refractivity contribution in [2.24, 2.45) is 5.41 Å². The van der Waals surface area contributed by atoms with Crippen molar-refractivity contribution in [3.63, 3.8) is 0 Å². The molecule has 0 radical (unpaired) electrons. The number of allylic oxidation sites excluding steroid dienone is 4. The van der Waals surface area contributed by atoms with Crippen LogP contribution in [0.2, 0.25) is 0 Å². The fourth-order valence-electron chi connectivity index (χ4n) is 2.61. The summed E-state index contributed by atoms with van der Waals surface area (Å²) >= 11 is 0. The Morgan fingerprint density at radius 3 is 2.44 bits per heavy atom. The Hall–Kier alpha value is -1.30. The Balaban J connectivity index is 2.19. The van der Waals surface area contributed by atoms with Gasteiger partial charge >= 0.3 is 0 Å². The summed E-state index contributed by atoms with van der Waals surface area (Å²) in [5, 5.41) is 0. The van der Waals surface area contributed by atoms with Gasteiger partial charge in [-0.3, -0.25) is 0 Å². The molecule has 0 heteroatoms. The van der Waals surface area contributed by atoms with Gasteiger partial charge in [-0.15, -0.1) is 0 Å². The molecule has 0 amide bonds. The van der Waals surface area contributed by atoms with Crippen LogP contribution in [-0.4, -0.2) is 0 Å². The molecule has 0 atom stereocenters. The molecule has 2 rings (SSSR count). The van der Waals surface area contributed by atoms with Crippen LogP contribution in [0.3, 0.4) is 0 Å². The fourth-order valence-corrected chi connectivity index (χ4v) is 2.61. The predicted octanol–water partition coefficient (Wildman–Crippen LogP) is 4.53. The van der Waals surface area contributed by atoms with Crippen molar-refractivity contribution in [1.29, 1.82) is 0 Å². The van der Waals surface area contributed by atoms with E-state index in [1.807, 2.05) is 0 Å². The highest BCUT2D eigenvalue weighted by molar-refractivity contribution is 5.35. The molecular formula is C16H20. The molecule has 0 heterocycles. The van der Waals surface area contributed by atoms with Crippen molar-refractivity contribution >= 4 is 0 Å². The minimum absolute atomic E-state index is 0.322. The Kier molecular flexibility index (Phi) is 3.00. The highest BCUT2D eigenvalue weighted by Crippen LogP contribution is 2.33. The molecule has 1 aliphatic rings. The number of rotatable bonds is 2. The molecule has 84 valence electrons. The maximum Gasteiger partial charge on any atom is -0.00287 e. The lowest BCUT2D eigenvalue weighted by Gasteiger charge is -2.26. The first-order chi connectivity index (χ1) is 7.55. The second kappa shape index (κ2) is 4.29. The van der Waals surface area contributed by atoms with Crippen LogP contribution in [0.25, 0.3) is 0 Å². The van der Waals surface area contributed by atoms with Crippen LogP contribution in [-0.2, 0) is 6.42 Å². The van der Waals surface area contributed by atoms with E-state index < -0.39 is 0 Å². The smallest absolute Gasteiger partial charge is 0.00287 e. The van der Waals surface area contributed by atoms with E-state index in [2.05, 4.69) is 63.3 Å². The van der Waals surface area contributed by atoms with Gasteiger partial charge < -0.3 is 0 Å². The van der Waals surface area contributed by atoms with Crippen molar-refractivity contribution in [2.75, 3.05) is 0 Å². The van der Waals surface area contributed by atoms with Crippen molar-refractivity contribution < 1.29 is 0 Å². The molecule has 0 saturated carbocycles. The summed E-state index contributed by atoms with van der Waals surface area (Å²) in [5.41, 5.74) is 4.68. The zero-order valence-electron chi connectivity index (χ0n) is 10.5. The average molecular weight is 212 g/mol. The van der Waals surface area contributed by atoms with E-state index in [9.17, 15) is 0 Å². The Morgan fingerprint density at radius 1 is 1.12 bits per heavy atom. The van der Waals surface area contributed by atoms with E-state index in [4.69, 9.17) is 0 Å². The quantitative estimate of drug-likeness (QED) is 0.675. The summed E-state index contributed by atoms with van der Waals surface area (Å²) in [7, 11) is 0. The number of benzene rings is 1. The van der Waals surface area contributed by atoms with E-state index in [0.29, 0.717) is 5.41 Å². The highest BCUT2D eigenvalue weighted by Gasteiger charge is 2.19. The zero-order chi connectivity index (χ0) is 11.6. The summed E-state index contributed by atoms with van der Waals surface area (Å²) in [5.74, 6) is 0. The van der Waals surface area contributed by atoms with Crippen LogP contribution in [0.15, 0.2) is 53.6 Å². The zero-order valence-corrected chi connectivity index (χ0v) is 10.5. The standard InChI is InChI=1S/C16H20/c1-13-9-15(12-16(2,3)11-13)10-14-7-5-4-6-8-14/h4-9,12H,10-11H2,1-3H3. The van der Waals surface area contributed by atoms with E-state index in [1.165, 1.54) is 23.1 Å². The normalized spacial score (nSPS) is 18.9. The Bertz CT molecular complexity index is 419. The van der Waals surface area contributed by atoms with Gasteiger partial charge in [0.1, 0.15) is 0 Å². The van der Waals surface area contributed by atoms with Crippen LogP contribution in [0.5, 0.6) is 0 Å². The molecule has 0 bridgehead atoms. The van der Waals surface area contributed by atoms with E-state index in [-0.39, 0.29) is 0 Å². The average Bonchev–Trinajstić information content (AvgIpc) is 2.15. The van der Waals surface area contributed by atoms with Gasteiger partial charge in [0.2, 0.25) is 0 Å². The molecule has 0 spiro atoms. The third kappa shape index (κ3) is 2.85. The first kappa shape index (κ1) is 11.2. The van der Waals surface area contributed by atoms with Crippen LogP contribution in [0.1, 0.15) is 32.8 Å². The SMILES string of the molecule is CC1=CC(Cc2ccccc2)=CC(C)(C)C1. The van der Waals surface area contributed by atoms with Crippen LogP contribution in [0.4, 0.5) is 0 Å². The first-order valence-electron chi connectivity index (χ1n) is 5.98. The molecule has 0 aromatic heterocycles. The predicted molar refractivity (Wildman–Crippen MR) is 70.4 cm³/mol. The summed E-state index contributed by atoms with van der Waals surface area (Å²) in [6, 6.07) is 10.7. The molecule has 0 unspecified atom stereocenters. The van der Waals surface area contributed by atoms with E-state index >= 15 is 0 Å². The van der Waals surface area contributed by atoms with Gasteiger partial charge in [-0.05, 0) is 36.3 Å². The van der Waals surface area contributed by atoms with Gasteiger partial charge in [-0.1, -0.05) is 61.9 Å². The first-order valence-corrected chi connectivity index (χ1v) is 5.98. The molecule has 1 aliphatic carbocycles. The molecule has 0 saturated heterocycles. The number of hydrogen-bond acceptors (Lipinski definition) is 0. The van der Waals surface area contributed by atoms with Gasteiger partial charge in [0.05, 0.1) is 0 Å². The van der Waals surface area contributed by atoms with Crippen molar-refractivity contribution in [2.45, 2.75) is 33.6 Å². The molecule has 0 aliphatic heterocycles. The largest absolute Gasteiger partial charge is 0.0750 e. The minimum Gasteiger partial charge on any atom is -0.0750 e. The van der Waals surface area contributed by atoms with Gasteiger partial charge in [0, 0.05) is 0 Å². The van der Waals surface area contributed by atoms with Crippen molar-refractivity contribution in [1.82, 2.24) is 0 Å². The maximum atomic E-state index is 2.42. The van der Waals surface area contributed by atoms with Crippen LogP contribution >= 0.6 is 0 Å². The second-order valence-corrected chi connectivity index (χ2v) is 5.54. The molecule has 0 N–H and O–H groups in total. The van der Waals surface area contributed by atoms with E-state index in [0.717, 1.165) is 6.42 Å². The monoisotopic (exact) mass is 212 g/mol. The minimum atomic E-state index is 0.322. The van der Waals surface area contributed by atoms with Crippen molar-refractivity contribution in [3.05, 3.63) is 59.2 Å². The van der Waals surface area contributed by atoms with E-state index in [1.54, 1.807) is 0 Å². The molecule has 1 aromatic rings. The molecule has 0 nitrogen and oxygen atoms in total. The lowest BCUT2D eigenvalue weighted by atomic mass is 9.79. The highest BCUT2D eigenvalue weighted by atomic mass is 14.2. The molecule has 1 aromatic carbocycles. The number of hydrogen-bond donors (Lipinski definition) is 0.